The molecular weight excluding hydrogens is 258 g/mol. The molecule has 5 nitrogen and oxygen atoms in total. The number of amides is 1. The van der Waals surface area contributed by atoms with Crippen molar-refractivity contribution < 1.29 is 19.4 Å². The zero-order valence-corrected chi connectivity index (χ0v) is 11.6. The van der Waals surface area contributed by atoms with Gasteiger partial charge in [0.25, 0.3) is 0 Å². The van der Waals surface area contributed by atoms with E-state index in [1.54, 1.807) is 0 Å². The Morgan fingerprint density at radius 2 is 2.00 bits per heavy atom. The Bertz CT molecular complexity index is 497. The molecule has 108 valence electrons. The van der Waals surface area contributed by atoms with Gasteiger partial charge >= 0.3 is 5.97 Å². The van der Waals surface area contributed by atoms with Gasteiger partial charge in [0.1, 0.15) is 11.9 Å². The molecule has 2 rings (SSSR count). The minimum absolute atomic E-state index is 0.163. The lowest BCUT2D eigenvalue weighted by Gasteiger charge is -2.15. The van der Waals surface area contributed by atoms with E-state index in [0.717, 1.165) is 11.3 Å². The Hall–Kier alpha value is -2.04. The van der Waals surface area contributed by atoms with Gasteiger partial charge in [-0.05, 0) is 32.4 Å². The number of hydrogen-bond donors (Lipinski definition) is 2. The van der Waals surface area contributed by atoms with Crippen LogP contribution in [0.25, 0.3) is 0 Å². The first kappa shape index (κ1) is 14.4. The molecule has 0 aromatic heterocycles. The number of nitrogens with one attached hydrogen (secondary N) is 1. The van der Waals surface area contributed by atoms with Crippen LogP contribution in [0.5, 0.6) is 5.75 Å². The van der Waals surface area contributed by atoms with Crippen LogP contribution in [0.2, 0.25) is 0 Å². The van der Waals surface area contributed by atoms with Gasteiger partial charge in [-0.25, -0.2) is 0 Å². The van der Waals surface area contributed by atoms with Gasteiger partial charge in [-0.1, -0.05) is 17.7 Å². The maximum atomic E-state index is 11.7. The van der Waals surface area contributed by atoms with E-state index in [1.165, 1.54) is 0 Å². The van der Waals surface area contributed by atoms with E-state index < -0.39 is 11.9 Å². The molecule has 0 heterocycles. The largest absolute Gasteiger partial charge is 0.489 e. The molecule has 1 amide bonds. The molecule has 5 heteroatoms. The Labute approximate surface area is 117 Å². The quantitative estimate of drug-likeness (QED) is 0.828. The molecule has 0 bridgehead atoms. The SMILES string of the molecule is Cc1ccc(OC(C)CNC(=O)C2CC2C(=O)O)cc1. The second-order valence-corrected chi connectivity index (χ2v) is 5.27. The van der Waals surface area contributed by atoms with Crippen molar-refractivity contribution in [1.29, 1.82) is 0 Å². The summed E-state index contributed by atoms with van der Waals surface area (Å²) in [6.45, 7) is 4.24. The third-order valence-electron chi connectivity index (χ3n) is 3.37. The summed E-state index contributed by atoms with van der Waals surface area (Å²) in [5, 5.41) is 11.5. The second-order valence-electron chi connectivity index (χ2n) is 5.27. The van der Waals surface area contributed by atoms with Crippen molar-refractivity contribution >= 4 is 11.9 Å². The van der Waals surface area contributed by atoms with Crippen molar-refractivity contribution in [2.45, 2.75) is 26.4 Å². The fourth-order valence-electron chi connectivity index (χ4n) is 2.02. The summed E-state index contributed by atoms with van der Waals surface area (Å²) in [6.07, 6.45) is 0.276. The van der Waals surface area contributed by atoms with Crippen LogP contribution in [0.3, 0.4) is 0 Å². The fraction of sp³-hybridized carbons (Fsp3) is 0.467. The zero-order valence-electron chi connectivity index (χ0n) is 11.6. The number of benzene rings is 1. The first-order valence-electron chi connectivity index (χ1n) is 6.71. The van der Waals surface area contributed by atoms with Crippen LogP contribution in [-0.4, -0.2) is 29.6 Å². The molecule has 1 aromatic rings. The van der Waals surface area contributed by atoms with E-state index in [-0.39, 0.29) is 17.9 Å². The molecule has 3 unspecified atom stereocenters. The Morgan fingerprint density at radius 3 is 2.55 bits per heavy atom. The van der Waals surface area contributed by atoms with Crippen LogP contribution in [0.4, 0.5) is 0 Å². The van der Waals surface area contributed by atoms with Gasteiger partial charge in [-0.2, -0.15) is 0 Å². The Morgan fingerprint density at radius 1 is 1.35 bits per heavy atom. The molecule has 2 N–H and O–H groups in total. The maximum Gasteiger partial charge on any atom is 0.307 e. The van der Waals surface area contributed by atoms with Crippen molar-refractivity contribution in [3.05, 3.63) is 29.8 Å². The van der Waals surface area contributed by atoms with Crippen LogP contribution in [0.1, 0.15) is 18.9 Å². The normalized spacial score (nSPS) is 21.9. The minimum Gasteiger partial charge on any atom is -0.489 e. The van der Waals surface area contributed by atoms with E-state index in [4.69, 9.17) is 9.84 Å². The van der Waals surface area contributed by atoms with Crippen LogP contribution in [0.15, 0.2) is 24.3 Å². The number of carbonyl (C=O) groups excluding carboxylic acids is 1. The van der Waals surface area contributed by atoms with Crippen molar-refractivity contribution in [1.82, 2.24) is 5.32 Å². The summed E-state index contributed by atoms with van der Waals surface area (Å²) >= 11 is 0. The third-order valence-corrected chi connectivity index (χ3v) is 3.37. The van der Waals surface area contributed by atoms with Crippen molar-refractivity contribution in [3.63, 3.8) is 0 Å². The number of aliphatic carboxylic acids is 1. The molecule has 0 radical (unpaired) electrons. The molecule has 3 atom stereocenters. The number of carboxylic acids is 1. The number of rotatable bonds is 6. The van der Waals surface area contributed by atoms with Gasteiger partial charge in [0.05, 0.1) is 18.4 Å². The smallest absolute Gasteiger partial charge is 0.307 e. The lowest BCUT2D eigenvalue weighted by molar-refractivity contribution is -0.140. The number of aryl methyl sites for hydroxylation is 1. The lowest BCUT2D eigenvalue weighted by atomic mass is 10.2. The Balaban J connectivity index is 1.73. The topological polar surface area (TPSA) is 75.6 Å². The summed E-state index contributed by atoms with van der Waals surface area (Å²) in [5.74, 6) is -1.22. The lowest BCUT2D eigenvalue weighted by Crippen LogP contribution is -2.35. The number of carbonyl (C=O) groups is 2. The molecule has 1 saturated carbocycles. The van der Waals surface area contributed by atoms with Gasteiger partial charge in [-0.3, -0.25) is 9.59 Å². The summed E-state index contributed by atoms with van der Waals surface area (Å²) < 4.78 is 5.66. The molecule has 1 fully saturated rings. The highest BCUT2D eigenvalue weighted by Crippen LogP contribution is 2.38. The predicted molar refractivity (Wildman–Crippen MR) is 73.5 cm³/mol. The molecule has 1 aliphatic carbocycles. The predicted octanol–water partition coefficient (Wildman–Crippen LogP) is 1.60. The van der Waals surface area contributed by atoms with E-state index in [1.807, 2.05) is 38.1 Å². The zero-order chi connectivity index (χ0) is 14.7. The highest BCUT2D eigenvalue weighted by molar-refractivity contribution is 5.89. The van der Waals surface area contributed by atoms with E-state index in [9.17, 15) is 9.59 Å². The number of hydrogen-bond acceptors (Lipinski definition) is 3. The summed E-state index contributed by atoms with van der Waals surface area (Å²) in [5.41, 5.74) is 1.16. The molecular formula is C15H19NO4. The summed E-state index contributed by atoms with van der Waals surface area (Å²) in [6, 6.07) is 7.69. The molecule has 0 spiro atoms. The van der Waals surface area contributed by atoms with Crippen molar-refractivity contribution in [3.8, 4) is 5.75 Å². The molecule has 1 aromatic carbocycles. The van der Waals surface area contributed by atoms with Gasteiger partial charge < -0.3 is 15.2 Å². The second kappa shape index (κ2) is 5.94. The highest BCUT2D eigenvalue weighted by Gasteiger charge is 2.48. The van der Waals surface area contributed by atoms with Gasteiger partial charge in [0, 0.05) is 0 Å². The number of carboxylic acid groups (broad SMARTS) is 1. The molecule has 20 heavy (non-hydrogen) atoms. The first-order chi connectivity index (χ1) is 9.47. The van der Waals surface area contributed by atoms with Gasteiger partial charge in [-0.15, -0.1) is 0 Å². The summed E-state index contributed by atoms with van der Waals surface area (Å²) in [7, 11) is 0. The molecule has 0 aliphatic heterocycles. The van der Waals surface area contributed by atoms with E-state index in [2.05, 4.69) is 5.32 Å². The van der Waals surface area contributed by atoms with E-state index >= 15 is 0 Å². The Kier molecular flexibility index (Phi) is 4.27. The van der Waals surface area contributed by atoms with Gasteiger partial charge in [0.2, 0.25) is 5.91 Å². The first-order valence-corrected chi connectivity index (χ1v) is 6.71. The molecule has 1 aliphatic rings. The van der Waals surface area contributed by atoms with Crippen LogP contribution in [-0.2, 0) is 9.59 Å². The molecule has 0 saturated heterocycles. The maximum absolute atomic E-state index is 11.7. The van der Waals surface area contributed by atoms with Crippen LogP contribution in [0, 0.1) is 18.8 Å². The van der Waals surface area contributed by atoms with Crippen LogP contribution < -0.4 is 10.1 Å². The van der Waals surface area contributed by atoms with Gasteiger partial charge in [0.15, 0.2) is 0 Å². The standard InChI is InChI=1S/C15H19NO4/c1-9-3-5-11(6-4-9)20-10(2)8-16-14(17)12-7-13(12)15(18)19/h3-6,10,12-13H,7-8H2,1-2H3,(H,16,17)(H,18,19). The fourth-order valence-corrected chi connectivity index (χ4v) is 2.02. The van der Waals surface area contributed by atoms with Crippen LogP contribution >= 0.6 is 0 Å². The minimum atomic E-state index is -0.894. The monoisotopic (exact) mass is 277 g/mol. The average molecular weight is 277 g/mol. The highest BCUT2D eigenvalue weighted by atomic mass is 16.5. The van der Waals surface area contributed by atoms with Crippen molar-refractivity contribution in [2.24, 2.45) is 11.8 Å². The number of ether oxygens (including phenoxy) is 1. The summed E-state index contributed by atoms with van der Waals surface area (Å²) in [4.78, 5) is 22.4. The third kappa shape index (κ3) is 3.73. The van der Waals surface area contributed by atoms with E-state index in [0.29, 0.717) is 13.0 Å². The average Bonchev–Trinajstić information content (AvgIpc) is 3.19. The van der Waals surface area contributed by atoms with Crippen molar-refractivity contribution in [2.75, 3.05) is 6.54 Å².